The number of carbonyl (C=O) groups excluding carboxylic acids is 1. The zero-order valence-electron chi connectivity index (χ0n) is 19.0. The number of thiazole rings is 1. The van der Waals surface area contributed by atoms with Crippen LogP contribution in [0.4, 0.5) is 13.2 Å². The number of piperidine rings is 1. The van der Waals surface area contributed by atoms with Gasteiger partial charge in [-0.1, -0.05) is 29.3 Å². The number of halogens is 5. The van der Waals surface area contributed by atoms with Gasteiger partial charge in [-0.2, -0.15) is 0 Å². The van der Waals surface area contributed by atoms with Crippen molar-refractivity contribution in [2.24, 2.45) is 5.92 Å². The van der Waals surface area contributed by atoms with E-state index in [1.807, 2.05) is 4.90 Å². The molecule has 1 saturated heterocycles. The second-order valence-corrected chi connectivity index (χ2v) is 10.0. The highest BCUT2D eigenvalue weighted by Crippen LogP contribution is 2.35. The van der Waals surface area contributed by atoms with Crippen LogP contribution < -0.4 is 10.1 Å². The summed E-state index contributed by atoms with van der Waals surface area (Å²) in [6.07, 6.45) is 0.347. The third kappa shape index (κ3) is 6.29. The number of hydrogen-bond donors (Lipinski definition) is 1. The monoisotopic (exact) mass is 558 g/mol. The molecule has 1 aliphatic rings. The molecule has 1 aliphatic heterocycles. The molecule has 1 amide bonds. The number of pyridine rings is 1. The van der Waals surface area contributed by atoms with E-state index in [-0.39, 0.29) is 28.7 Å². The van der Waals surface area contributed by atoms with Crippen molar-refractivity contribution in [2.45, 2.75) is 25.3 Å². The molecule has 4 rings (SSSR count). The maximum atomic E-state index is 14.2. The van der Waals surface area contributed by atoms with Gasteiger partial charge in [0.25, 0.3) is 12.3 Å². The standard InChI is InChI=1S/C24H23Cl2F3N4O2S/c25-15-3-1-5-17(27)19(15)23(34)31-11-18(21-20(22(28)29)32-13-36-21)33-9-6-14(7-10-33)12-35-24-16(26)4-2-8-30-24/h1-5,8,13-14,18,22H,6-7,9-12H2,(H,31,34). The molecule has 0 saturated carbocycles. The molecule has 12 heteroatoms. The lowest BCUT2D eigenvalue weighted by Gasteiger charge is -2.37. The number of ether oxygens (including phenoxy) is 1. The van der Waals surface area contributed by atoms with E-state index in [4.69, 9.17) is 27.9 Å². The van der Waals surface area contributed by atoms with Crippen molar-refractivity contribution >= 4 is 40.4 Å². The maximum absolute atomic E-state index is 14.2. The number of carbonyl (C=O) groups is 1. The number of nitrogens with one attached hydrogen (secondary N) is 1. The number of hydrogen-bond acceptors (Lipinski definition) is 6. The van der Waals surface area contributed by atoms with Gasteiger partial charge in [-0.3, -0.25) is 9.69 Å². The van der Waals surface area contributed by atoms with Crippen LogP contribution in [0.1, 0.15) is 46.2 Å². The summed E-state index contributed by atoms with van der Waals surface area (Å²) in [6, 6.07) is 6.83. The third-order valence-electron chi connectivity index (χ3n) is 6.05. The van der Waals surface area contributed by atoms with E-state index in [0.717, 1.165) is 30.2 Å². The first-order valence-electron chi connectivity index (χ1n) is 11.3. The summed E-state index contributed by atoms with van der Waals surface area (Å²) in [5, 5.41) is 3.09. The average molecular weight is 559 g/mol. The van der Waals surface area contributed by atoms with Gasteiger partial charge in [-0.25, -0.2) is 23.1 Å². The van der Waals surface area contributed by atoms with Gasteiger partial charge in [0.2, 0.25) is 5.88 Å². The fourth-order valence-corrected chi connectivity index (χ4v) is 5.52. The van der Waals surface area contributed by atoms with Crippen molar-refractivity contribution in [1.82, 2.24) is 20.2 Å². The first-order valence-corrected chi connectivity index (χ1v) is 12.9. The van der Waals surface area contributed by atoms with E-state index in [0.29, 0.717) is 35.5 Å². The predicted octanol–water partition coefficient (Wildman–Crippen LogP) is 6.18. The second-order valence-electron chi connectivity index (χ2n) is 8.31. The fourth-order valence-electron chi connectivity index (χ4n) is 4.16. The Kier molecular flexibility index (Phi) is 9.05. The topological polar surface area (TPSA) is 67.4 Å². The Morgan fingerprint density at radius 3 is 2.61 bits per heavy atom. The van der Waals surface area contributed by atoms with Crippen LogP contribution >= 0.6 is 34.5 Å². The molecule has 0 bridgehead atoms. The van der Waals surface area contributed by atoms with E-state index in [9.17, 15) is 18.0 Å². The Bertz CT molecular complexity index is 1170. The van der Waals surface area contributed by atoms with Crippen LogP contribution in [0.15, 0.2) is 42.0 Å². The van der Waals surface area contributed by atoms with Crippen molar-refractivity contribution in [3.8, 4) is 5.88 Å². The molecule has 3 heterocycles. The largest absolute Gasteiger partial charge is 0.476 e. The van der Waals surface area contributed by atoms with Gasteiger partial charge in [0, 0.05) is 12.7 Å². The minimum absolute atomic E-state index is 0.00385. The number of aromatic nitrogens is 2. The van der Waals surface area contributed by atoms with Crippen molar-refractivity contribution in [3.05, 3.63) is 74.0 Å². The van der Waals surface area contributed by atoms with Crippen molar-refractivity contribution in [3.63, 3.8) is 0 Å². The summed E-state index contributed by atoms with van der Waals surface area (Å²) in [5.74, 6) is -0.860. The maximum Gasteiger partial charge on any atom is 0.281 e. The Labute approximate surface area is 220 Å². The molecular formula is C24H23Cl2F3N4O2S. The van der Waals surface area contributed by atoms with Gasteiger partial charge < -0.3 is 10.1 Å². The molecule has 0 aliphatic carbocycles. The first-order chi connectivity index (χ1) is 17.3. The van der Waals surface area contributed by atoms with E-state index in [2.05, 4.69) is 15.3 Å². The van der Waals surface area contributed by atoms with Crippen molar-refractivity contribution in [1.29, 1.82) is 0 Å². The zero-order valence-corrected chi connectivity index (χ0v) is 21.3. The summed E-state index contributed by atoms with van der Waals surface area (Å²) >= 11 is 13.2. The van der Waals surface area contributed by atoms with Crippen LogP contribution in [0, 0.1) is 11.7 Å². The molecule has 192 valence electrons. The van der Waals surface area contributed by atoms with Crippen LogP contribution in [0.5, 0.6) is 5.88 Å². The smallest absolute Gasteiger partial charge is 0.281 e. The lowest BCUT2D eigenvalue weighted by Crippen LogP contribution is -2.43. The molecule has 2 aromatic heterocycles. The molecular weight excluding hydrogens is 536 g/mol. The number of rotatable bonds is 9. The SMILES string of the molecule is O=C(NCC(c1scnc1C(F)F)N1CCC(COc2ncccc2Cl)CC1)c1c(F)cccc1Cl. The van der Waals surface area contributed by atoms with Gasteiger partial charge in [0.1, 0.15) is 16.5 Å². The summed E-state index contributed by atoms with van der Waals surface area (Å²) in [6.45, 7) is 1.60. The molecule has 6 nitrogen and oxygen atoms in total. The molecule has 3 aromatic rings. The quantitative estimate of drug-likeness (QED) is 0.339. The first kappa shape index (κ1) is 26.7. The lowest BCUT2D eigenvalue weighted by molar-refractivity contribution is 0.0867. The molecule has 0 radical (unpaired) electrons. The molecule has 0 spiro atoms. The van der Waals surface area contributed by atoms with Crippen LogP contribution in [0.3, 0.4) is 0 Å². The van der Waals surface area contributed by atoms with Gasteiger partial charge in [0.05, 0.1) is 33.6 Å². The Morgan fingerprint density at radius 2 is 1.92 bits per heavy atom. The molecule has 1 atom stereocenters. The summed E-state index contributed by atoms with van der Waals surface area (Å²) in [5.41, 5.74) is 0.787. The van der Waals surface area contributed by atoms with Gasteiger partial charge in [0.15, 0.2) is 0 Å². The Morgan fingerprint density at radius 1 is 1.17 bits per heavy atom. The number of nitrogens with zero attached hydrogens (tertiary/aromatic N) is 3. The van der Waals surface area contributed by atoms with Gasteiger partial charge in [-0.05, 0) is 56.1 Å². The normalized spacial score (nSPS) is 15.7. The number of amides is 1. The summed E-state index contributed by atoms with van der Waals surface area (Å²) in [7, 11) is 0. The highest BCUT2D eigenvalue weighted by Gasteiger charge is 2.32. The van der Waals surface area contributed by atoms with Crippen molar-refractivity contribution < 1.29 is 22.7 Å². The fraction of sp³-hybridized carbons (Fsp3) is 0.375. The number of alkyl halides is 2. The molecule has 1 N–H and O–H groups in total. The van der Waals surface area contributed by atoms with Crippen LogP contribution in [-0.4, -0.2) is 47.0 Å². The summed E-state index contributed by atoms with van der Waals surface area (Å²) < 4.78 is 47.3. The summed E-state index contributed by atoms with van der Waals surface area (Å²) in [4.78, 5) is 23.1. The van der Waals surface area contributed by atoms with E-state index in [1.54, 1.807) is 18.3 Å². The van der Waals surface area contributed by atoms with Crippen LogP contribution in [0.25, 0.3) is 0 Å². The zero-order chi connectivity index (χ0) is 25.7. The minimum atomic E-state index is -2.75. The molecule has 1 fully saturated rings. The number of benzene rings is 1. The van der Waals surface area contributed by atoms with Crippen molar-refractivity contribution in [2.75, 3.05) is 26.2 Å². The van der Waals surface area contributed by atoms with Crippen LogP contribution in [-0.2, 0) is 0 Å². The highest BCUT2D eigenvalue weighted by molar-refractivity contribution is 7.09. The van der Waals surface area contributed by atoms with E-state index < -0.39 is 24.2 Å². The highest BCUT2D eigenvalue weighted by atomic mass is 35.5. The Hall–Kier alpha value is -2.40. The average Bonchev–Trinajstić information content (AvgIpc) is 3.34. The van der Waals surface area contributed by atoms with E-state index in [1.165, 1.54) is 17.6 Å². The van der Waals surface area contributed by atoms with Gasteiger partial charge >= 0.3 is 0 Å². The number of likely N-dealkylation sites (tertiary alicyclic amines) is 1. The third-order valence-corrected chi connectivity index (χ3v) is 7.60. The lowest BCUT2D eigenvalue weighted by atomic mass is 9.96. The second kappa shape index (κ2) is 12.2. The van der Waals surface area contributed by atoms with Crippen LogP contribution in [0.2, 0.25) is 10.0 Å². The Balaban J connectivity index is 1.44. The van der Waals surface area contributed by atoms with Gasteiger partial charge in [-0.15, -0.1) is 11.3 Å². The molecule has 36 heavy (non-hydrogen) atoms. The molecule has 1 unspecified atom stereocenters. The van der Waals surface area contributed by atoms with E-state index >= 15 is 0 Å². The molecule has 1 aromatic carbocycles. The predicted molar refractivity (Wildman–Crippen MR) is 133 cm³/mol. The minimum Gasteiger partial charge on any atom is -0.476 e.